The Bertz CT molecular complexity index is 1690. The number of fused-ring (bicyclic) bond motifs is 1. The summed E-state index contributed by atoms with van der Waals surface area (Å²) in [6, 6.07) is 15.3. The fraction of sp³-hybridized carbons (Fsp3) is 0.214. The van der Waals surface area contributed by atoms with E-state index in [0.717, 1.165) is 23.4 Å². The third-order valence-electron chi connectivity index (χ3n) is 6.59. The number of aromatic nitrogens is 5. The number of halogens is 3. The highest BCUT2D eigenvalue weighted by Crippen LogP contribution is 2.33. The molecule has 8 nitrogen and oxygen atoms in total. The number of aryl methyl sites for hydroxylation is 2. The van der Waals surface area contributed by atoms with Crippen LogP contribution in [-0.4, -0.2) is 37.4 Å². The normalized spacial score (nSPS) is 11.7. The van der Waals surface area contributed by atoms with E-state index < -0.39 is 17.8 Å². The lowest BCUT2D eigenvalue weighted by Gasteiger charge is -2.12. The molecular weight excluding hydrogens is 509 g/mol. The van der Waals surface area contributed by atoms with Crippen LogP contribution >= 0.6 is 0 Å². The van der Waals surface area contributed by atoms with Crippen LogP contribution in [0.1, 0.15) is 38.6 Å². The van der Waals surface area contributed by atoms with E-state index in [4.69, 9.17) is 4.74 Å². The molecule has 3 aromatic heterocycles. The molecule has 0 spiro atoms. The number of alkyl halides is 3. The van der Waals surface area contributed by atoms with Gasteiger partial charge < -0.3 is 10.1 Å². The third kappa shape index (κ3) is 4.95. The number of methoxy groups -OCH3 is 1. The van der Waals surface area contributed by atoms with E-state index in [9.17, 15) is 18.0 Å². The maximum absolute atomic E-state index is 14.0. The molecule has 0 aliphatic rings. The molecule has 0 saturated heterocycles. The second-order valence-corrected chi connectivity index (χ2v) is 9.13. The number of amides is 1. The Hall–Kier alpha value is -4.67. The predicted molar refractivity (Wildman–Crippen MR) is 140 cm³/mol. The molecule has 0 unspecified atom stereocenters. The quantitative estimate of drug-likeness (QED) is 0.296. The Morgan fingerprint density at radius 1 is 1.05 bits per heavy atom. The average molecular weight is 535 g/mol. The minimum absolute atomic E-state index is 0.0467. The minimum atomic E-state index is -4.73. The Morgan fingerprint density at radius 3 is 2.44 bits per heavy atom. The average Bonchev–Trinajstić information content (AvgIpc) is 3.45. The third-order valence-corrected chi connectivity index (χ3v) is 6.59. The number of carbonyl (C=O) groups excluding carboxylic acids is 1. The van der Waals surface area contributed by atoms with Gasteiger partial charge in [0, 0.05) is 5.56 Å². The largest absolute Gasteiger partial charge is 0.497 e. The second kappa shape index (κ2) is 9.90. The molecule has 200 valence electrons. The van der Waals surface area contributed by atoms with Gasteiger partial charge in [0.15, 0.2) is 11.3 Å². The molecule has 0 aliphatic carbocycles. The number of nitrogens with zero attached hydrogens (tertiary/aromatic N) is 5. The van der Waals surface area contributed by atoms with Gasteiger partial charge in [-0.3, -0.25) is 9.48 Å². The molecule has 5 aromatic rings. The summed E-state index contributed by atoms with van der Waals surface area (Å²) in [6.45, 7) is 6.10. The fourth-order valence-electron chi connectivity index (χ4n) is 4.40. The van der Waals surface area contributed by atoms with E-state index in [1.54, 1.807) is 35.9 Å². The van der Waals surface area contributed by atoms with Crippen LogP contribution in [0.2, 0.25) is 0 Å². The Balaban J connectivity index is 1.52. The first-order valence-corrected chi connectivity index (χ1v) is 12.1. The summed E-state index contributed by atoms with van der Waals surface area (Å²) < 4.78 is 49.5. The van der Waals surface area contributed by atoms with Crippen LogP contribution in [0.4, 0.5) is 18.9 Å². The van der Waals surface area contributed by atoms with Crippen LogP contribution < -0.4 is 10.1 Å². The maximum Gasteiger partial charge on any atom is 0.433 e. The summed E-state index contributed by atoms with van der Waals surface area (Å²) >= 11 is 0. The SMILES string of the molecule is COc1ccc(-c2cc(C(F)(F)F)n3ncc(C(=O)Nc4c(C)nn(Cc5ccccc5C)c4C)c3n2)cc1. The molecule has 3 heterocycles. The number of ether oxygens (including phenoxy) is 1. The van der Waals surface area contributed by atoms with Crippen LogP contribution in [0.25, 0.3) is 16.9 Å². The number of anilines is 1. The van der Waals surface area contributed by atoms with Gasteiger partial charge in [-0.15, -0.1) is 0 Å². The summed E-state index contributed by atoms with van der Waals surface area (Å²) in [5.41, 5.74) is 3.09. The van der Waals surface area contributed by atoms with E-state index in [1.807, 2.05) is 38.1 Å². The zero-order chi connectivity index (χ0) is 27.9. The Kier molecular flexibility index (Phi) is 6.59. The van der Waals surface area contributed by atoms with Crippen molar-refractivity contribution >= 4 is 17.2 Å². The van der Waals surface area contributed by atoms with Crippen molar-refractivity contribution in [2.75, 3.05) is 12.4 Å². The minimum Gasteiger partial charge on any atom is -0.497 e. The summed E-state index contributed by atoms with van der Waals surface area (Å²) in [4.78, 5) is 17.8. The van der Waals surface area contributed by atoms with Crippen LogP contribution in [0, 0.1) is 20.8 Å². The van der Waals surface area contributed by atoms with Crippen molar-refractivity contribution < 1.29 is 22.7 Å². The number of benzene rings is 2. The van der Waals surface area contributed by atoms with Crippen LogP contribution in [-0.2, 0) is 12.7 Å². The summed E-state index contributed by atoms with van der Waals surface area (Å²) in [7, 11) is 1.49. The zero-order valence-electron chi connectivity index (χ0n) is 21.7. The number of nitrogens with one attached hydrogen (secondary N) is 1. The van der Waals surface area contributed by atoms with E-state index in [2.05, 4.69) is 20.5 Å². The van der Waals surface area contributed by atoms with Crippen molar-refractivity contribution in [3.63, 3.8) is 0 Å². The van der Waals surface area contributed by atoms with E-state index in [-0.39, 0.29) is 16.9 Å². The van der Waals surface area contributed by atoms with Gasteiger partial charge in [-0.1, -0.05) is 24.3 Å². The molecule has 0 fully saturated rings. The molecule has 11 heteroatoms. The standard InChI is InChI=1S/C28H25F3N6O2/c1-16-7-5-6-8-20(16)15-36-18(3)25(17(2)35-36)34-27(38)22-14-32-37-24(28(29,30)31)13-23(33-26(22)37)19-9-11-21(39-4)12-10-19/h5-14H,15H2,1-4H3,(H,34,38). The number of rotatable bonds is 6. The molecule has 39 heavy (non-hydrogen) atoms. The molecule has 0 bridgehead atoms. The Morgan fingerprint density at radius 2 is 1.77 bits per heavy atom. The maximum atomic E-state index is 14.0. The number of carbonyl (C=O) groups is 1. The van der Waals surface area contributed by atoms with Gasteiger partial charge in [0.25, 0.3) is 5.91 Å². The zero-order valence-corrected chi connectivity index (χ0v) is 21.7. The number of hydrogen-bond donors (Lipinski definition) is 1. The highest BCUT2D eigenvalue weighted by molar-refractivity contribution is 6.08. The van der Waals surface area contributed by atoms with Crippen LogP contribution in [0.3, 0.4) is 0 Å². The molecule has 1 amide bonds. The van der Waals surface area contributed by atoms with Crippen molar-refractivity contribution in [2.45, 2.75) is 33.5 Å². The Labute approximate surface area is 222 Å². The number of hydrogen-bond acceptors (Lipinski definition) is 5. The second-order valence-electron chi connectivity index (χ2n) is 9.13. The van der Waals surface area contributed by atoms with E-state index in [1.165, 1.54) is 7.11 Å². The molecule has 0 saturated carbocycles. The van der Waals surface area contributed by atoms with Gasteiger partial charge >= 0.3 is 6.18 Å². The predicted octanol–water partition coefficient (Wildman–Crippen LogP) is 5.85. The molecule has 0 atom stereocenters. The highest BCUT2D eigenvalue weighted by atomic mass is 19.4. The van der Waals surface area contributed by atoms with Gasteiger partial charge in [0.2, 0.25) is 0 Å². The first-order chi connectivity index (χ1) is 18.6. The van der Waals surface area contributed by atoms with Crippen molar-refractivity contribution in [2.24, 2.45) is 0 Å². The van der Waals surface area contributed by atoms with Crippen molar-refractivity contribution in [3.05, 3.63) is 94.6 Å². The van der Waals surface area contributed by atoms with E-state index in [0.29, 0.717) is 39.4 Å². The van der Waals surface area contributed by atoms with Gasteiger partial charge in [-0.2, -0.15) is 23.4 Å². The van der Waals surface area contributed by atoms with Crippen LogP contribution in [0.15, 0.2) is 60.8 Å². The first kappa shape index (κ1) is 26.0. The van der Waals surface area contributed by atoms with Crippen molar-refractivity contribution in [1.82, 2.24) is 24.4 Å². The first-order valence-electron chi connectivity index (χ1n) is 12.1. The molecule has 0 aliphatic heterocycles. The van der Waals surface area contributed by atoms with Gasteiger partial charge in [-0.05, 0) is 62.2 Å². The fourth-order valence-corrected chi connectivity index (χ4v) is 4.40. The molecule has 1 N–H and O–H groups in total. The smallest absolute Gasteiger partial charge is 0.433 e. The molecular formula is C28H25F3N6O2. The highest BCUT2D eigenvalue weighted by Gasteiger charge is 2.36. The van der Waals surface area contributed by atoms with Gasteiger partial charge in [0.05, 0.1) is 42.6 Å². The monoisotopic (exact) mass is 534 g/mol. The molecule has 5 rings (SSSR count). The lowest BCUT2D eigenvalue weighted by Crippen LogP contribution is -2.16. The summed E-state index contributed by atoms with van der Waals surface area (Å²) in [6.07, 6.45) is -3.64. The lowest BCUT2D eigenvalue weighted by molar-refractivity contribution is -0.142. The van der Waals surface area contributed by atoms with Gasteiger partial charge in [-0.25, -0.2) is 9.50 Å². The van der Waals surface area contributed by atoms with E-state index >= 15 is 0 Å². The summed E-state index contributed by atoms with van der Waals surface area (Å²) in [5, 5.41) is 11.2. The summed E-state index contributed by atoms with van der Waals surface area (Å²) in [5.74, 6) is -0.0897. The van der Waals surface area contributed by atoms with Crippen molar-refractivity contribution in [1.29, 1.82) is 0 Å². The van der Waals surface area contributed by atoms with Crippen molar-refractivity contribution in [3.8, 4) is 17.0 Å². The topological polar surface area (TPSA) is 86.3 Å². The van der Waals surface area contributed by atoms with Crippen LogP contribution in [0.5, 0.6) is 5.75 Å². The molecule has 0 radical (unpaired) electrons. The van der Waals surface area contributed by atoms with Gasteiger partial charge in [0.1, 0.15) is 11.3 Å². The molecule has 2 aromatic carbocycles. The lowest BCUT2D eigenvalue weighted by atomic mass is 10.1.